The first-order valence-corrected chi connectivity index (χ1v) is 9.06. The number of nitrogens with one attached hydrogen (secondary N) is 1. The highest BCUT2D eigenvalue weighted by molar-refractivity contribution is 5.34. The number of aryl methyl sites for hydroxylation is 1. The molecule has 25 heavy (non-hydrogen) atoms. The predicted octanol–water partition coefficient (Wildman–Crippen LogP) is 4.07. The second kappa shape index (κ2) is 7.63. The highest BCUT2D eigenvalue weighted by Crippen LogP contribution is 2.45. The minimum Gasteiger partial charge on any atom is -0.327 e. The molecule has 2 aromatic carbocycles. The molecule has 2 nitrogen and oxygen atoms in total. The number of hydrogen-bond acceptors (Lipinski definition) is 2. The van der Waals surface area contributed by atoms with Gasteiger partial charge in [-0.05, 0) is 67.5 Å². The van der Waals surface area contributed by atoms with Crippen molar-refractivity contribution < 1.29 is 8.78 Å². The fourth-order valence-electron chi connectivity index (χ4n) is 3.41. The Hall–Kier alpha value is -1.78. The summed E-state index contributed by atoms with van der Waals surface area (Å²) in [5.41, 5.74) is 9.57. The van der Waals surface area contributed by atoms with Crippen molar-refractivity contribution in [3.05, 3.63) is 70.8 Å². The predicted molar refractivity (Wildman–Crippen MR) is 97.4 cm³/mol. The minimum absolute atomic E-state index is 0.0931. The van der Waals surface area contributed by atoms with Crippen LogP contribution in [0, 0.1) is 11.6 Å². The highest BCUT2D eigenvalue weighted by atomic mass is 19.1. The van der Waals surface area contributed by atoms with Gasteiger partial charge in [0.1, 0.15) is 11.6 Å². The van der Waals surface area contributed by atoms with Crippen LogP contribution >= 0.6 is 0 Å². The summed E-state index contributed by atoms with van der Waals surface area (Å²) < 4.78 is 26.5. The second-order valence-electron chi connectivity index (χ2n) is 7.09. The summed E-state index contributed by atoms with van der Waals surface area (Å²) in [4.78, 5) is 0. The minimum atomic E-state index is -0.548. The van der Waals surface area contributed by atoms with Crippen molar-refractivity contribution in [3.8, 4) is 0 Å². The molecule has 1 saturated carbocycles. The first-order valence-electron chi connectivity index (χ1n) is 9.06. The molecule has 0 amide bonds. The lowest BCUT2D eigenvalue weighted by atomic mass is 10.00. The zero-order valence-corrected chi connectivity index (χ0v) is 14.7. The monoisotopic (exact) mass is 344 g/mol. The number of rotatable bonds is 8. The van der Waals surface area contributed by atoms with Crippen LogP contribution in [0.5, 0.6) is 0 Å². The summed E-state index contributed by atoms with van der Waals surface area (Å²) in [7, 11) is 0. The molecular weight excluding hydrogens is 318 g/mol. The fourth-order valence-corrected chi connectivity index (χ4v) is 3.41. The van der Waals surface area contributed by atoms with Crippen molar-refractivity contribution in [2.75, 3.05) is 6.54 Å². The van der Waals surface area contributed by atoms with Crippen LogP contribution in [0.3, 0.4) is 0 Å². The van der Waals surface area contributed by atoms with Gasteiger partial charge in [-0.3, -0.25) is 0 Å². The van der Waals surface area contributed by atoms with Gasteiger partial charge in [-0.2, -0.15) is 0 Å². The van der Waals surface area contributed by atoms with Gasteiger partial charge in [-0.1, -0.05) is 31.2 Å². The molecule has 134 valence electrons. The fraction of sp³-hybridized carbons (Fsp3) is 0.429. The molecule has 2 aromatic rings. The van der Waals surface area contributed by atoms with Crippen LogP contribution < -0.4 is 11.1 Å². The Morgan fingerprint density at radius 1 is 1.08 bits per heavy atom. The Labute approximate surface area is 148 Å². The van der Waals surface area contributed by atoms with E-state index < -0.39 is 11.6 Å². The van der Waals surface area contributed by atoms with Gasteiger partial charge >= 0.3 is 0 Å². The van der Waals surface area contributed by atoms with Gasteiger partial charge < -0.3 is 11.1 Å². The summed E-state index contributed by atoms with van der Waals surface area (Å²) in [6.45, 7) is 2.97. The molecule has 0 saturated heterocycles. The van der Waals surface area contributed by atoms with E-state index in [9.17, 15) is 8.78 Å². The van der Waals surface area contributed by atoms with Crippen molar-refractivity contribution >= 4 is 0 Å². The van der Waals surface area contributed by atoms with Gasteiger partial charge in [-0.25, -0.2) is 8.78 Å². The smallest absolute Gasteiger partial charge is 0.126 e. The number of benzene rings is 2. The zero-order chi connectivity index (χ0) is 17.9. The quantitative estimate of drug-likeness (QED) is 0.758. The normalized spacial score (nSPS) is 16.6. The Kier molecular flexibility index (Phi) is 5.50. The first kappa shape index (κ1) is 18.0. The average Bonchev–Trinajstić information content (AvgIpc) is 3.35. The first-order chi connectivity index (χ1) is 12.0. The standard InChI is InChI=1S/C21H26F2N2/c1-2-15-4-3-5-17(10-15)21(7-8-21)25-9-6-20(24)13-16-11-18(22)14-19(23)12-16/h3-5,10-12,14,20,25H,2,6-9,13,24H2,1H3/t20-/m1/s1. The van der Waals surface area contributed by atoms with Crippen LogP contribution in [0.4, 0.5) is 8.78 Å². The lowest BCUT2D eigenvalue weighted by Crippen LogP contribution is -2.34. The molecule has 0 heterocycles. The molecule has 0 aromatic heterocycles. The van der Waals surface area contributed by atoms with Gasteiger partial charge in [0.25, 0.3) is 0 Å². The maximum atomic E-state index is 13.3. The summed E-state index contributed by atoms with van der Waals surface area (Å²) in [6, 6.07) is 12.2. The molecule has 0 bridgehead atoms. The summed E-state index contributed by atoms with van der Waals surface area (Å²) in [5, 5.41) is 3.65. The van der Waals surface area contributed by atoms with Crippen LogP contribution in [-0.4, -0.2) is 12.6 Å². The Morgan fingerprint density at radius 2 is 1.80 bits per heavy atom. The highest BCUT2D eigenvalue weighted by Gasteiger charge is 2.43. The largest absolute Gasteiger partial charge is 0.327 e. The lowest BCUT2D eigenvalue weighted by molar-refractivity contribution is 0.477. The molecule has 1 aliphatic rings. The van der Waals surface area contributed by atoms with E-state index in [0.29, 0.717) is 12.0 Å². The van der Waals surface area contributed by atoms with E-state index in [2.05, 4.69) is 36.5 Å². The Balaban J connectivity index is 1.52. The molecule has 3 N–H and O–H groups in total. The summed E-state index contributed by atoms with van der Waals surface area (Å²) in [6.07, 6.45) is 4.58. The van der Waals surface area contributed by atoms with Crippen LogP contribution in [0.2, 0.25) is 0 Å². The lowest BCUT2D eigenvalue weighted by Gasteiger charge is -2.20. The zero-order valence-electron chi connectivity index (χ0n) is 14.7. The maximum absolute atomic E-state index is 13.3. The van der Waals surface area contributed by atoms with Crippen molar-refractivity contribution in [1.82, 2.24) is 5.32 Å². The van der Waals surface area contributed by atoms with Gasteiger partial charge in [0.2, 0.25) is 0 Å². The Morgan fingerprint density at radius 3 is 2.44 bits per heavy atom. The molecule has 0 radical (unpaired) electrons. The molecule has 3 rings (SSSR count). The second-order valence-corrected chi connectivity index (χ2v) is 7.09. The SMILES string of the molecule is CCc1cccc(C2(NCC[C@@H](N)Cc3cc(F)cc(F)c3)CC2)c1. The molecule has 4 heteroatoms. The summed E-state index contributed by atoms with van der Waals surface area (Å²) >= 11 is 0. The third-order valence-electron chi connectivity index (χ3n) is 5.04. The summed E-state index contributed by atoms with van der Waals surface area (Å²) in [5.74, 6) is -1.10. The third kappa shape index (κ3) is 4.65. The average molecular weight is 344 g/mol. The van der Waals surface area contributed by atoms with E-state index in [0.717, 1.165) is 38.3 Å². The Bertz CT molecular complexity index is 705. The van der Waals surface area contributed by atoms with Crippen molar-refractivity contribution in [2.45, 2.75) is 50.6 Å². The van der Waals surface area contributed by atoms with Gasteiger partial charge in [0.05, 0.1) is 0 Å². The molecule has 1 atom stereocenters. The van der Waals surface area contributed by atoms with Gasteiger partial charge in [-0.15, -0.1) is 0 Å². The van der Waals surface area contributed by atoms with E-state index in [4.69, 9.17) is 5.73 Å². The number of halogens is 2. The molecule has 1 fully saturated rings. The van der Waals surface area contributed by atoms with Crippen molar-refractivity contribution in [3.63, 3.8) is 0 Å². The van der Waals surface area contributed by atoms with Crippen LogP contribution in [0.1, 0.15) is 42.9 Å². The molecule has 0 unspecified atom stereocenters. The third-order valence-corrected chi connectivity index (χ3v) is 5.04. The molecule has 1 aliphatic carbocycles. The molecule has 0 aliphatic heterocycles. The van der Waals surface area contributed by atoms with Crippen LogP contribution in [-0.2, 0) is 18.4 Å². The maximum Gasteiger partial charge on any atom is 0.126 e. The van der Waals surface area contributed by atoms with E-state index in [1.165, 1.54) is 23.3 Å². The number of hydrogen-bond donors (Lipinski definition) is 2. The van der Waals surface area contributed by atoms with E-state index in [-0.39, 0.29) is 11.6 Å². The van der Waals surface area contributed by atoms with Crippen LogP contribution in [0.15, 0.2) is 42.5 Å². The van der Waals surface area contributed by atoms with Gasteiger partial charge in [0.15, 0.2) is 0 Å². The van der Waals surface area contributed by atoms with Gasteiger partial charge in [0, 0.05) is 17.6 Å². The van der Waals surface area contributed by atoms with E-state index in [1.54, 1.807) is 0 Å². The van der Waals surface area contributed by atoms with Crippen molar-refractivity contribution in [1.29, 1.82) is 0 Å². The molecular formula is C21H26F2N2. The van der Waals surface area contributed by atoms with Crippen molar-refractivity contribution in [2.24, 2.45) is 5.73 Å². The van der Waals surface area contributed by atoms with Crippen LogP contribution in [0.25, 0.3) is 0 Å². The topological polar surface area (TPSA) is 38.0 Å². The van der Waals surface area contributed by atoms with E-state index in [1.807, 2.05) is 0 Å². The van der Waals surface area contributed by atoms with E-state index >= 15 is 0 Å². The molecule has 0 spiro atoms. The number of nitrogens with two attached hydrogens (primary N) is 1.